The Morgan fingerprint density at radius 3 is 2.79 bits per heavy atom. The Labute approximate surface area is 91.8 Å². The lowest BCUT2D eigenvalue weighted by atomic mass is 10.1. The summed E-state index contributed by atoms with van der Waals surface area (Å²) in [6.07, 6.45) is 2.45. The maximum Gasteiger partial charge on any atom is 0.129 e. The van der Waals surface area contributed by atoms with Gasteiger partial charge in [0.05, 0.1) is 0 Å². The summed E-state index contributed by atoms with van der Waals surface area (Å²) in [6, 6.07) is 5.94. The van der Waals surface area contributed by atoms with Crippen molar-refractivity contribution in [3.05, 3.63) is 34.1 Å². The van der Waals surface area contributed by atoms with E-state index in [1.165, 1.54) is 18.9 Å². The first-order valence-electron chi connectivity index (χ1n) is 4.88. The smallest absolute Gasteiger partial charge is 0.129 e. The second-order valence-corrected chi connectivity index (χ2v) is 4.74. The lowest BCUT2D eigenvalue weighted by Crippen LogP contribution is -2.21. The molecule has 1 N–H and O–H groups in total. The van der Waals surface area contributed by atoms with Crippen LogP contribution in [0.4, 0.5) is 4.39 Å². The second-order valence-electron chi connectivity index (χ2n) is 3.83. The number of hydrogen-bond donors (Lipinski definition) is 1. The lowest BCUT2D eigenvalue weighted by Gasteiger charge is -2.14. The molecule has 1 aliphatic carbocycles. The average molecular weight is 258 g/mol. The highest BCUT2D eigenvalue weighted by Crippen LogP contribution is 2.26. The van der Waals surface area contributed by atoms with E-state index in [0.717, 1.165) is 10.0 Å². The number of rotatable bonds is 3. The largest absolute Gasteiger partial charge is 0.307 e. The van der Waals surface area contributed by atoms with Crippen molar-refractivity contribution in [2.24, 2.45) is 0 Å². The van der Waals surface area contributed by atoms with E-state index in [2.05, 4.69) is 21.2 Å². The van der Waals surface area contributed by atoms with Crippen LogP contribution in [-0.2, 0) is 0 Å². The van der Waals surface area contributed by atoms with Crippen LogP contribution in [0.3, 0.4) is 0 Å². The predicted octanol–water partition coefficient (Wildman–Crippen LogP) is 3.40. The zero-order valence-corrected chi connectivity index (χ0v) is 9.64. The lowest BCUT2D eigenvalue weighted by molar-refractivity contribution is 0.526. The van der Waals surface area contributed by atoms with Crippen LogP contribution in [0.25, 0.3) is 0 Å². The van der Waals surface area contributed by atoms with Crippen molar-refractivity contribution in [2.75, 3.05) is 0 Å². The standard InChI is InChI=1S/C11H13BrFN/c1-7(14-9-3-4-9)10-5-2-8(12)6-11(10)13/h2,5-7,9,14H,3-4H2,1H3. The summed E-state index contributed by atoms with van der Waals surface area (Å²) in [6.45, 7) is 2.00. The van der Waals surface area contributed by atoms with Crippen LogP contribution in [0.5, 0.6) is 0 Å². The summed E-state index contributed by atoms with van der Waals surface area (Å²) in [5.74, 6) is -0.139. The van der Waals surface area contributed by atoms with Gasteiger partial charge in [-0.1, -0.05) is 22.0 Å². The molecule has 0 heterocycles. The molecule has 14 heavy (non-hydrogen) atoms. The quantitative estimate of drug-likeness (QED) is 0.876. The van der Waals surface area contributed by atoms with E-state index in [4.69, 9.17) is 0 Å². The van der Waals surface area contributed by atoms with E-state index in [-0.39, 0.29) is 11.9 Å². The van der Waals surface area contributed by atoms with Crippen LogP contribution in [0, 0.1) is 5.82 Å². The Morgan fingerprint density at radius 1 is 1.50 bits per heavy atom. The maximum absolute atomic E-state index is 13.5. The van der Waals surface area contributed by atoms with E-state index < -0.39 is 0 Å². The molecule has 0 aliphatic heterocycles. The SMILES string of the molecule is CC(NC1CC1)c1ccc(Br)cc1F. The third-order valence-electron chi connectivity index (χ3n) is 2.49. The molecule has 0 saturated heterocycles. The minimum Gasteiger partial charge on any atom is -0.307 e. The average Bonchev–Trinajstić information content (AvgIpc) is 2.87. The molecule has 76 valence electrons. The fraction of sp³-hybridized carbons (Fsp3) is 0.455. The van der Waals surface area contributed by atoms with Gasteiger partial charge >= 0.3 is 0 Å². The van der Waals surface area contributed by atoms with Crippen molar-refractivity contribution in [3.63, 3.8) is 0 Å². The molecule has 0 radical (unpaired) electrons. The summed E-state index contributed by atoms with van der Waals surface area (Å²) in [5, 5.41) is 3.38. The number of halogens is 2. The molecule has 1 nitrogen and oxygen atoms in total. The van der Waals surface area contributed by atoms with Gasteiger partial charge in [0.15, 0.2) is 0 Å². The van der Waals surface area contributed by atoms with Crippen LogP contribution in [0.2, 0.25) is 0 Å². The Bertz CT molecular complexity index is 336. The number of benzene rings is 1. The van der Waals surface area contributed by atoms with Crippen molar-refractivity contribution >= 4 is 15.9 Å². The molecule has 3 heteroatoms. The molecule has 0 aromatic heterocycles. The van der Waals surface area contributed by atoms with Crippen LogP contribution in [0.15, 0.2) is 22.7 Å². The van der Waals surface area contributed by atoms with Crippen molar-refractivity contribution in [2.45, 2.75) is 31.8 Å². The molecule has 1 aromatic carbocycles. The van der Waals surface area contributed by atoms with Gasteiger partial charge in [-0.2, -0.15) is 0 Å². The number of nitrogens with one attached hydrogen (secondary N) is 1. The van der Waals surface area contributed by atoms with Gasteiger partial charge < -0.3 is 5.32 Å². The number of hydrogen-bond acceptors (Lipinski definition) is 1. The van der Waals surface area contributed by atoms with Gasteiger partial charge in [-0.05, 0) is 31.9 Å². The van der Waals surface area contributed by atoms with Gasteiger partial charge in [0.25, 0.3) is 0 Å². The molecule has 1 unspecified atom stereocenters. The molecular weight excluding hydrogens is 245 g/mol. The van der Waals surface area contributed by atoms with E-state index in [0.29, 0.717) is 6.04 Å². The first kappa shape index (κ1) is 10.1. The monoisotopic (exact) mass is 257 g/mol. The van der Waals surface area contributed by atoms with E-state index in [1.54, 1.807) is 0 Å². The predicted molar refractivity (Wildman–Crippen MR) is 58.7 cm³/mol. The summed E-state index contributed by atoms with van der Waals surface area (Å²) in [7, 11) is 0. The molecule has 1 fully saturated rings. The van der Waals surface area contributed by atoms with Gasteiger partial charge in [-0.25, -0.2) is 4.39 Å². The summed E-state index contributed by atoms with van der Waals surface area (Å²) in [5.41, 5.74) is 0.750. The summed E-state index contributed by atoms with van der Waals surface area (Å²) >= 11 is 3.25. The molecule has 0 amide bonds. The van der Waals surface area contributed by atoms with Crippen LogP contribution in [0.1, 0.15) is 31.4 Å². The topological polar surface area (TPSA) is 12.0 Å². The van der Waals surface area contributed by atoms with Crippen molar-refractivity contribution in [1.29, 1.82) is 0 Å². The molecule has 2 rings (SSSR count). The molecule has 0 spiro atoms. The summed E-state index contributed by atoms with van der Waals surface area (Å²) < 4.78 is 14.3. The van der Waals surface area contributed by atoms with Crippen LogP contribution >= 0.6 is 15.9 Å². The van der Waals surface area contributed by atoms with Crippen LogP contribution in [-0.4, -0.2) is 6.04 Å². The van der Waals surface area contributed by atoms with Gasteiger partial charge in [-0.15, -0.1) is 0 Å². The fourth-order valence-corrected chi connectivity index (χ4v) is 1.88. The highest BCUT2D eigenvalue weighted by Gasteiger charge is 2.24. The molecule has 1 aromatic rings. The Morgan fingerprint density at radius 2 is 2.21 bits per heavy atom. The zero-order valence-electron chi connectivity index (χ0n) is 8.06. The van der Waals surface area contributed by atoms with Gasteiger partial charge in [0.2, 0.25) is 0 Å². The summed E-state index contributed by atoms with van der Waals surface area (Å²) in [4.78, 5) is 0. The Hall–Kier alpha value is -0.410. The third kappa shape index (κ3) is 2.34. The minimum atomic E-state index is -0.139. The highest BCUT2D eigenvalue weighted by molar-refractivity contribution is 9.10. The van der Waals surface area contributed by atoms with Gasteiger partial charge in [0.1, 0.15) is 5.82 Å². The zero-order chi connectivity index (χ0) is 10.1. The van der Waals surface area contributed by atoms with E-state index >= 15 is 0 Å². The molecule has 1 atom stereocenters. The molecule has 1 aliphatic rings. The molecular formula is C11H13BrFN. The third-order valence-corrected chi connectivity index (χ3v) is 2.99. The first-order chi connectivity index (χ1) is 6.66. The maximum atomic E-state index is 13.5. The fourth-order valence-electron chi connectivity index (χ4n) is 1.55. The van der Waals surface area contributed by atoms with Gasteiger partial charge in [0, 0.05) is 22.1 Å². The van der Waals surface area contributed by atoms with E-state index in [1.807, 2.05) is 19.1 Å². The highest BCUT2D eigenvalue weighted by atomic mass is 79.9. The minimum absolute atomic E-state index is 0.107. The Kier molecular flexibility index (Phi) is 2.88. The van der Waals surface area contributed by atoms with E-state index in [9.17, 15) is 4.39 Å². The molecule has 1 saturated carbocycles. The second kappa shape index (κ2) is 3.99. The normalized spacial score (nSPS) is 18.2. The Balaban J connectivity index is 2.13. The van der Waals surface area contributed by atoms with Crippen LogP contribution < -0.4 is 5.32 Å². The first-order valence-corrected chi connectivity index (χ1v) is 5.67. The van der Waals surface area contributed by atoms with Crippen molar-refractivity contribution < 1.29 is 4.39 Å². The van der Waals surface area contributed by atoms with Crippen molar-refractivity contribution in [3.8, 4) is 0 Å². The molecule has 0 bridgehead atoms. The van der Waals surface area contributed by atoms with Crippen molar-refractivity contribution in [1.82, 2.24) is 5.32 Å². The van der Waals surface area contributed by atoms with Gasteiger partial charge in [-0.3, -0.25) is 0 Å².